The summed E-state index contributed by atoms with van der Waals surface area (Å²) in [6.07, 6.45) is 0.169. The van der Waals surface area contributed by atoms with Crippen molar-refractivity contribution in [3.63, 3.8) is 0 Å². The molecule has 4 N–H and O–H groups in total. The molecule has 0 radical (unpaired) electrons. The highest BCUT2D eigenvalue weighted by molar-refractivity contribution is 7.89. The van der Waals surface area contributed by atoms with Crippen LogP contribution in [0.25, 0.3) is 0 Å². The number of nitrogens with zero attached hydrogens (tertiary/aromatic N) is 1. The highest BCUT2D eigenvalue weighted by Gasteiger charge is 2.09. The zero-order valence-corrected chi connectivity index (χ0v) is 15.9. The number of benzene rings is 2. The first-order valence-electron chi connectivity index (χ1n) is 8.05. The summed E-state index contributed by atoms with van der Waals surface area (Å²) in [5.74, 6) is -0.165. The molecule has 0 saturated carbocycles. The zero-order valence-electron chi connectivity index (χ0n) is 14.3. The zero-order chi connectivity index (χ0) is 19.3. The van der Waals surface area contributed by atoms with Gasteiger partial charge in [0.1, 0.15) is 0 Å². The van der Waals surface area contributed by atoms with Gasteiger partial charge in [-0.1, -0.05) is 30.3 Å². The Kier molecular flexibility index (Phi) is 5.84. The van der Waals surface area contributed by atoms with Gasteiger partial charge in [-0.25, -0.2) is 18.5 Å². The molecule has 9 heteroatoms. The molecular formula is C18H18N4O3S2. The molecule has 0 aliphatic rings. The third-order valence-electron chi connectivity index (χ3n) is 3.66. The van der Waals surface area contributed by atoms with Gasteiger partial charge in [-0.15, -0.1) is 11.3 Å². The number of nitrogens with two attached hydrogens (primary N) is 1. The summed E-state index contributed by atoms with van der Waals surface area (Å²) in [4.78, 5) is 16.5. The van der Waals surface area contributed by atoms with E-state index in [1.165, 1.54) is 23.5 Å². The van der Waals surface area contributed by atoms with Crippen LogP contribution in [0, 0.1) is 0 Å². The SMILES string of the molecule is NS(=O)(=O)c1ccc(CNC(=O)Cc2csc(Nc3ccccc3)n2)cc1. The Labute approximate surface area is 161 Å². The maximum Gasteiger partial charge on any atom is 0.238 e. The molecule has 2 aromatic carbocycles. The topological polar surface area (TPSA) is 114 Å². The minimum absolute atomic E-state index is 0.0403. The Bertz CT molecular complexity index is 1020. The highest BCUT2D eigenvalue weighted by Crippen LogP contribution is 2.20. The van der Waals surface area contributed by atoms with Crippen LogP contribution in [0.5, 0.6) is 0 Å². The third kappa shape index (κ3) is 5.61. The van der Waals surface area contributed by atoms with E-state index < -0.39 is 10.0 Å². The average molecular weight is 403 g/mol. The van der Waals surface area contributed by atoms with Gasteiger partial charge in [0.15, 0.2) is 5.13 Å². The van der Waals surface area contributed by atoms with Gasteiger partial charge in [-0.3, -0.25) is 4.79 Å². The van der Waals surface area contributed by atoms with Crippen molar-refractivity contribution in [2.24, 2.45) is 5.14 Å². The van der Waals surface area contributed by atoms with Crippen LogP contribution in [0.1, 0.15) is 11.3 Å². The van der Waals surface area contributed by atoms with Gasteiger partial charge in [-0.05, 0) is 29.8 Å². The number of sulfonamides is 1. The fourth-order valence-corrected chi connectivity index (χ4v) is 3.56. The van der Waals surface area contributed by atoms with E-state index in [-0.39, 0.29) is 17.2 Å². The minimum Gasteiger partial charge on any atom is -0.352 e. The Morgan fingerprint density at radius 1 is 1.07 bits per heavy atom. The van der Waals surface area contributed by atoms with E-state index in [0.717, 1.165) is 16.4 Å². The minimum atomic E-state index is -3.71. The van der Waals surface area contributed by atoms with Crippen molar-refractivity contribution in [3.8, 4) is 0 Å². The monoisotopic (exact) mass is 402 g/mol. The van der Waals surface area contributed by atoms with Crippen LogP contribution in [-0.4, -0.2) is 19.3 Å². The van der Waals surface area contributed by atoms with E-state index in [2.05, 4.69) is 15.6 Å². The third-order valence-corrected chi connectivity index (χ3v) is 5.40. The fourth-order valence-electron chi connectivity index (χ4n) is 2.32. The molecule has 0 aliphatic carbocycles. The molecule has 1 aromatic heterocycles. The number of para-hydroxylation sites is 1. The van der Waals surface area contributed by atoms with E-state index in [0.29, 0.717) is 12.2 Å². The van der Waals surface area contributed by atoms with Gasteiger partial charge in [0.2, 0.25) is 15.9 Å². The van der Waals surface area contributed by atoms with E-state index in [1.807, 2.05) is 35.7 Å². The second-order valence-corrected chi connectivity index (χ2v) is 8.20. The van der Waals surface area contributed by atoms with Crippen molar-refractivity contribution < 1.29 is 13.2 Å². The van der Waals surface area contributed by atoms with Crippen molar-refractivity contribution in [1.29, 1.82) is 0 Å². The average Bonchev–Trinajstić information content (AvgIpc) is 3.07. The predicted octanol–water partition coefficient (Wildman–Crippen LogP) is 2.39. The summed E-state index contributed by atoms with van der Waals surface area (Å²) in [5, 5.41) is 13.6. The molecule has 0 fully saturated rings. The Hall–Kier alpha value is -2.75. The lowest BCUT2D eigenvalue weighted by Gasteiger charge is -2.05. The van der Waals surface area contributed by atoms with E-state index >= 15 is 0 Å². The number of amides is 1. The van der Waals surface area contributed by atoms with Gasteiger partial charge in [-0.2, -0.15) is 0 Å². The van der Waals surface area contributed by atoms with E-state index in [4.69, 9.17) is 5.14 Å². The lowest BCUT2D eigenvalue weighted by atomic mass is 10.2. The maximum atomic E-state index is 12.1. The molecule has 1 heterocycles. The number of thiazole rings is 1. The van der Waals surface area contributed by atoms with Crippen LogP contribution in [-0.2, 0) is 27.8 Å². The lowest BCUT2D eigenvalue weighted by Crippen LogP contribution is -2.24. The van der Waals surface area contributed by atoms with Crippen molar-refractivity contribution in [2.45, 2.75) is 17.9 Å². The van der Waals surface area contributed by atoms with Crippen molar-refractivity contribution >= 4 is 38.1 Å². The summed E-state index contributed by atoms with van der Waals surface area (Å²) in [7, 11) is -3.71. The van der Waals surface area contributed by atoms with Crippen molar-refractivity contribution in [2.75, 3.05) is 5.32 Å². The smallest absolute Gasteiger partial charge is 0.238 e. The first kappa shape index (κ1) is 19.0. The molecule has 0 atom stereocenters. The largest absolute Gasteiger partial charge is 0.352 e. The molecule has 7 nitrogen and oxygen atoms in total. The molecule has 27 heavy (non-hydrogen) atoms. The first-order chi connectivity index (χ1) is 12.9. The van der Waals surface area contributed by atoms with Gasteiger partial charge in [0.25, 0.3) is 0 Å². The van der Waals surface area contributed by atoms with Crippen LogP contribution in [0.15, 0.2) is 64.9 Å². The van der Waals surface area contributed by atoms with Crippen LogP contribution < -0.4 is 15.8 Å². The second kappa shape index (κ2) is 8.30. The number of carbonyl (C=O) groups excluding carboxylic acids is 1. The number of aromatic nitrogens is 1. The van der Waals surface area contributed by atoms with Gasteiger partial charge < -0.3 is 10.6 Å². The molecule has 0 aliphatic heterocycles. The number of hydrogen-bond acceptors (Lipinski definition) is 6. The van der Waals surface area contributed by atoms with Crippen molar-refractivity contribution in [1.82, 2.24) is 10.3 Å². The molecular weight excluding hydrogens is 384 g/mol. The van der Waals surface area contributed by atoms with E-state index in [9.17, 15) is 13.2 Å². The standard InChI is InChI=1S/C18H18N4O3S2/c19-27(24,25)16-8-6-13(7-9-16)11-20-17(23)10-15-12-26-18(22-15)21-14-4-2-1-3-5-14/h1-9,12H,10-11H2,(H,20,23)(H,21,22)(H2,19,24,25). The maximum absolute atomic E-state index is 12.1. The van der Waals surface area contributed by atoms with Crippen LogP contribution in [0.2, 0.25) is 0 Å². The number of carbonyl (C=O) groups is 1. The first-order valence-corrected chi connectivity index (χ1v) is 10.5. The molecule has 0 saturated heterocycles. The summed E-state index contributed by atoms with van der Waals surface area (Å²) < 4.78 is 22.5. The Balaban J connectivity index is 1.51. The fraction of sp³-hybridized carbons (Fsp3) is 0.111. The highest BCUT2D eigenvalue weighted by atomic mass is 32.2. The van der Waals surface area contributed by atoms with Gasteiger partial charge >= 0.3 is 0 Å². The number of rotatable bonds is 7. The van der Waals surface area contributed by atoms with Crippen molar-refractivity contribution in [3.05, 3.63) is 71.2 Å². The molecule has 0 spiro atoms. The normalized spacial score (nSPS) is 11.1. The number of primary sulfonamides is 1. The summed E-state index contributed by atoms with van der Waals surface area (Å²) >= 11 is 1.43. The second-order valence-electron chi connectivity index (χ2n) is 5.78. The summed E-state index contributed by atoms with van der Waals surface area (Å²) in [6.45, 7) is 0.295. The van der Waals surface area contributed by atoms with Crippen LogP contribution in [0.4, 0.5) is 10.8 Å². The number of anilines is 2. The summed E-state index contributed by atoms with van der Waals surface area (Å²) in [6, 6.07) is 15.7. The quantitative estimate of drug-likeness (QED) is 0.561. The van der Waals surface area contributed by atoms with Crippen LogP contribution >= 0.6 is 11.3 Å². The molecule has 0 bridgehead atoms. The molecule has 3 aromatic rings. The molecule has 1 amide bonds. The van der Waals surface area contributed by atoms with Crippen LogP contribution in [0.3, 0.4) is 0 Å². The predicted molar refractivity (Wildman–Crippen MR) is 105 cm³/mol. The number of hydrogen-bond donors (Lipinski definition) is 3. The molecule has 140 valence electrons. The Morgan fingerprint density at radius 2 is 1.78 bits per heavy atom. The van der Waals surface area contributed by atoms with Gasteiger partial charge in [0.05, 0.1) is 17.0 Å². The van der Waals surface area contributed by atoms with E-state index in [1.54, 1.807) is 12.1 Å². The van der Waals surface area contributed by atoms with Gasteiger partial charge in [0, 0.05) is 17.6 Å². The molecule has 0 unspecified atom stereocenters. The molecule has 3 rings (SSSR count). The number of nitrogens with one attached hydrogen (secondary N) is 2. The summed E-state index contributed by atoms with van der Waals surface area (Å²) in [5.41, 5.74) is 2.40. The Morgan fingerprint density at radius 3 is 2.44 bits per heavy atom. The lowest BCUT2D eigenvalue weighted by molar-refractivity contribution is -0.120.